The molecule has 0 bridgehead atoms. The van der Waals surface area contributed by atoms with Crippen molar-refractivity contribution in [2.75, 3.05) is 0 Å². The molecule has 0 fully saturated rings. The molecule has 0 saturated carbocycles. The molecule has 5 nitrogen and oxygen atoms in total. The number of hydrogen-bond donors (Lipinski definition) is 1. The third kappa shape index (κ3) is 2.05. The Morgan fingerprint density at radius 1 is 1.92 bits per heavy atom. The number of hydrogen-bond acceptors (Lipinski definition) is 4. The molecule has 0 aromatic carbocycles. The zero-order valence-electron chi connectivity index (χ0n) is 7.01. The van der Waals surface area contributed by atoms with Crippen LogP contribution in [0.15, 0.2) is 30.7 Å². The standard InChI is InChI=1S/C7H6N2O3/c10-7(5-9(11)12)6-2-1-3-8-4-6/h1-5,10H/b7-5+/i/hT. The molecular weight excluding hydrogens is 160 g/mol. The molecular formula is C7H6N2O3. The SMILES string of the molecule is [3H]O/C(=C/[N+](=O)[O-])c1cccnc1. The summed E-state index contributed by atoms with van der Waals surface area (Å²) < 4.78 is 6.59. The van der Waals surface area contributed by atoms with Gasteiger partial charge in [-0.15, -0.1) is 0 Å². The monoisotopic (exact) mass is 168 g/mol. The Labute approximate surface area is 69.6 Å². The van der Waals surface area contributed by atoms with Gasteiger partial charge in [0.05, 0.1) is 4.92 Å². The summed E-state index contributed by atoms with van der Waals surface area (Å²) in [6.45, 7) is 0. The lowest BCUT2D eigenvalue weighted by atomic mass is 10.2. The molecule has 62 valence electrons. The molecule has 12 heavy (non-hydrogen) atoms. The lowest BCUT2D eigenvalue weighted by molar-refractivity contribution is -0.402. The summed E-state index contributed by atoms with van der Waals surface area (Å²) in [5.41, 5.74) is 0.397. The Morgan fingerprint density at radius 2 is 2.75 bits per heavy atom. The summed E-state index contributed by atoms with van der Waals surface area (Å²) >= 11 is 0. The van der Waals surface area contributed by atoms with E-state index in [4.69, 9.17) is 1.43 Å². The Hall–Kier alpha value is -1.91. The zero-order valence-corrected chi connectivity index (χ0v) is 6.01. The van der Waals surface area contributed by atoms with Crippen LogP contribution in [0.1, 0.15) is 5.56 Å². The van der Waals surface area contributed by atoms with E-state index >= 15 is 0 Å². The van der Waals surface area contributed by atoms with Crippen molar-refractivity contribution in [2.45, 2.75) is 0 Å². The first-order valence-electron chi connectivity index (χ1n) is 3.53. The number of aliphatic hydroxyl groups excluding tert-OH is 1. The second-order valence-corrected chi connectivity index (χ2v) is 2.02. The fourth-order valence-electron chi connectivity index (χ4n) is 0.679. The average Bonchev–Trinajstić information content (AvgIpc) is 2.15. The van der Waals surface area contributed by atoms with Crippen LogP contribution >= 0.6 is 0 Å². The third-order valence-corrected chi connectivity index (χ3v) is 1.17. The largest absolute Gasteiger partial charge is 0.502 e. The molecule has 0 aliphatic rings. The molecule has 0 aliphatic heterocycles. The normalized spacial score (nSPS) is 12.0. The molecule has 0 unspecified atom stereocenters. The molecule has 0 radical (unpaired) electrons. The van der Waals surface area contributed by atoms with E-state index in [1.165, 1.54) is 12.4 Å². The Morgan fingerprint density at radius 3 is 3.25 bits per heavy atom. The minimum Gasteiger partial charge on any atom is -0.502 e. The quantitative estimate of drug-likeness (QED) is 0.418. The van der Waals surface area contributed by atoms with E-state index in [1.54, 1.807) is 12.1 Å². The molecule has 0 saturated heterocycles. The first-order valence-corrected chi connectivity index (χ1v) is 3.13. The second kappa shape index (κ2) is 3.47. The van der Waals surface area contributed by atoms with Gasteiger partial charge in [-0.3, -0.25) is 15.1 Å². The van der Waals surface area contributed by atoms with Gasteiger partial charge < -0.3 is 5.11 Å². The van der Waals surface area contributed by atoms with Crippen molar-refractivity contribution in [3.8, 4) is 0 Å². The van der Waals surface area contributed by atoms with E-state index in [2.05, 4.69) is 10.1 Å². The summed E-state index contributed by atoms with van der Waals surface area (Å²) in [5.74, 6) is -0.141. The van der Waals surface area contributed by atoms with Gasteiger partial charge in [0.2, 0.25) is 0 Å². The molecule has 0 spiro atoms. The maximum atomic E-state index is 10.1. The number of pyridine rings is 1. The zero-order chi connectivity index (χ0) is 9.68. The van der Waals surface area contributed by atoms with Gasteiger partial charge in [0.1, 0.15) is 0 Å². The molecule has 1 aromatic heterocycles. The van der Waals surface area contributed by atoms with Crippen molar-refractivity contribution in [3.63, 3.8) is 0 Å². The van der Waals surface area contributed by atoms with Crippen LogP contribution in [-0.2, 0) is 0 Å². The van der Waals surface area contributed by atoms with E-state index in [9.17, 15) is 10.1 Å². The van der Waals surface area contributed by atoms with Crippen molar-refractivity contribution >= 4 is 5.76 Å². The fourth-order valence-corrected chi connectivity index (χ4v) is 0.679. The first-order chi connectivity index (χ1) is 6.24. The average molecular weight is 168 g/mol. The summed E-state index contributed by atoms with van der Waals surface area (Å²) in [4.78, 5) is 13.1. The van der Waals surface area contributed by atoms with Crippen molar-refractivity contribution in [1.82, 2.24) is 4.98 Å². The summed E-state index contributed by atoms with van der Waals surface area (Å²) in [6, 6.07) is 3.17. The van der Waals surface area contributed by atoms with Crippen molar-refractivity contribution in [2.24, 2.45) is 0 Å². The van der Waals surface area contributed by atoms with Crippen molar-refractivity contribution < 1.29 is 10.0 Å². The highest BCUT2D eigenvalue weighted by Gasteiger charge is 2.02. The Kier molecular flexibility index (Phi) is 1.96. The number of nitro groups is 1. The minimum atomic E-state index is -0.684. The van der Waals surface area contributed by atoms with Gasteiger partial charge in [-0.2, -0.15) is 0 Å². The number of aromatic nitrogens is 1. The number of rotatable bonds is 3. The van der Waals surface area contributed by atoms with Crippen LogP contribution in [0, 0.1) is 10.1 Å². The van der Waals surface area contributed by atoms with E-state index in [0.29, 0.717) is 11.8 Å². The molecule has 0 atom stereocenters. The maximum Gasteiger partial charge on any atom is 0.293 e. The lowest BCUT2D eigenvalue weighted by Gasteiger charge is -1.93. The minimum absolute atomic E-state index is 0.141. The van der Waals surface area contributed by atoms with Gasteiger partial charge in [-0.05, 0) is 12.1 Å². The third-order valence-electron chi connectivity index (χ3n) is 1.17. The van der Waals surface area contributed by atoms with Crippen LogP contribution in [0.5, 0.6) is 0 Å². The van der Waals surface area contributed by atoms with Crippen LogP contribution < -0.4 is 0 Å². The van der Waals surface area contributed by atoms with E-state index in [0.717, 1.165) is 0 Å². The van der Waals surface area contributed by atoms with E-state index < -0.39 is 4.92 Å². The van der Waals surface area contributed by atoms with Crippen molar-refractivity contribution in [1.29, 1.82) is 1.43 Å². The number of nitrogens with zero attached hydrogens (tertiary/aromatic N) is 2. The van der Waals surface area contributed by atoms with Crippen molar-refractivity contribution in [3.05, 3.63) is 46.4 Å². The van der Waals surface area contributed by atoms with Gasteiger partial charge in [-0.25, -0.2) is 0 Å². The topological polar surface area (TPSA) is 76.3 Å². The maximum absolute atomic E-state index is 10.1. The van der Waals surface area contributed by atoms with Crippen LogP contribution in [-0.4, -0.2) is 15.0 Å². The summed E-state index contributed by atoms with van der Waals surface area (Å²) in [7, 11) is 0. The molecule has 0 aliphatic carbocycles. The highest BCUT2D eigenvalue weighted by Crippen LogP contribution is 2.07. The summed E-state index contributed by atoms with van der Waals surface area (Å²) in [6.07, 6.45) is 3.52. The first kappa shape index (κ1) is 6.78. The van der Waals surface area contributed by atoms with Crippen LogP contribution in [0.4, 0.5) is 0 Å². The molecule has 5 heteroatoms. The lowest BCUT2D eigenvalue weighted by Crippen LogP contribution is -1.90. The van der Waals surface area contributed by atoms with Crippen LogP contribution in [0.2, 0.25) is 0 Å². The highest BCUT2D eigenvalue weighted by molar-refractivity contribution is 5.55. The van der Waals surface area contributed by atoms with Gasteiger partial charge in [-0.1, -0.05) is 0 Å². The Balaban J connectivity index is 2.98. The van der Waals surface area contributed by atoms with Gasteiger partial charge >= 0.3 is 0 Å². The van der Waals surface area contributed by atoms with Crippen LogP contribution in [0.25, 0.3) is 7.19 Å². The smallest absolute Gasteiger partial charge is 0.293 e. The van der Waals surface area contributed by atoms with E-state index in [-0.39, 0.29) is 5.76 Å². The molecule has 1 N–H and O–H groups in total. The van der Waals surface area contributed by atoms with Gasteiger partial charge in [0, 0.05) is 18.0 Å². The van der Waals surface area contributed by atoms with Gasteiger partial charge in [0.15, 0.2) is 5.76 Å². The fraction of sp³-hybridized carbons (Fsp3) is 0. The predicted molar refractivity (Wildman–Crippen MR) is 41.8 cm³/mol. The summed E-state index contributed by atoms with van der Waals surface area (Å²) in [5, 5.41) is 14.2. The number of aliphatic hydroxyl groups is 1. The predicted octanol–water partition coefficient (Wildman–Crippen LogP) is 1.21. The molecule has 1 heterocycles. The Bertz CT molecular complexity index is 326. The van der Waals surface area contributed by atoms with Gasteiger partial charge in [0.25, 0.3) is 7.63 Å². The molecule has 1 rings (SSSR count). The van der Waals surface area contributed by atoms with Crippen LogP contribution in [0.3, 0.4) is 0 Å². The second-order valence-electron chi connectivity index (χ2n) is 2.02. The highest BCUT2D eigenvalue weighted by atomic mass is 16.6. The van der Waals surface area contributed by atoms with E-state index in [1.807, 2.05) is 0 Å². The molecule has 0 amide bonds. The molecule has 1 aromatic rings.